The zero-order valence-corrected chi connectivity index (χ0v) is 23.2. The summed E-state index contributed by atoms with van der Waals surface area (Å²) in [7, 11) is 2.88. The van der Waals surface area contributed by atoms with E-state index in [4.69, 9.17) is 19.9 Å². The lowest BCUT2D eigenvalue weighted by Gasteiger charge is -2.24. The van der Waals surface area contributed by atoms with Crippen molar-refractivity contribution < 1.29 is 54.8 Å². The van der Waals surface area contributed by atoms with Gasteiger partial charge in [-0.3, -0.25) is 0 Å². The third-order valence-corrected chi connectivity index (χ3v) is 4.38. The van der Waals surface area contributed by atoms with Crippen LogP contribution < -0.4 is 20.5 Å². The van der Waals surface area contributed by atoms with Crippen LogP contribution in [0.4, 0.5) is 31.1 Å². The summed E-state index contributed by atoms with van der Waals surface area (Å²) in [6, 6.07) is 9.71. The van der Waals surface area contributed by atoms with Gasteiger partial charge in [0.1, 0.15) is 17.1 Å². The van der Waals surface area contributed by atoms with Crippen molar-refractivity contribution in [2.24, 2.45) is 5.73 Å². The van der Waals surface area contributed by atoms with E-state index >= 15 is 0 Å². The molecule has 0 unspecified atom stereocenters. The first-order valence-electron chi connectivity index (χ1n) is 11.4. The molecule has 0 saturated heterocycles. The van der Waals surface area contributed by atoms with E-state index in [1.807, 2.05) is 0 Å². The highest BCUT2D eigenvalue weighted by Gasteiger charge is 2.32. The van der Waals surface area contributed by atoms with Crippen LogP contribution in [0.1, 0.15) is 51.4 Å². The maximum absolute atomic E-state index is 12.3. The second kappa shape index (κ2) is 17.8. The second-order valence-corrected chi connectivity index (χ2v) is 8.96. The molecule has 2 aromatic rings. The number of carbonyl (C=O) groups is 1. The highest BCUT2D eigenvalue weighted by atomic mass is 35.5. The third kappa shape index (κ3) is 18.2. The molecule has 0 heterocycles. The van der Waals surface area contributed by atoms with Crippen LogP contribution in [-0.4, -0.2) is 51.9 Å². The van der Waals surface area contributed by atoms with E-state index in [0.717, 1.165) is 0 Å². The van der Waals surface area contributed by atoms with Gasteiger partial charge in [-0.05, 0) is 56.2 Å². The van der Waals surface area contributed by atoms with Gasteiger partial charge >= 0.3 is 18.8 Å². The minimum absolute atomic E-state index is 0. The Kier molecular flexibility index (Phi) is 17.4. The van der Waals surface area contributed by atoms with Crippen LogP contribution in [0.5, 0.6) is 11.5 Å². The van der Waals surface area contributed by atoms with Crippen LogP contribution in [0, 0.1) is 0 Å². The molecule has 15 heteroatoms. The molecule has 0 fully saturated rings. The molecule has 0 aromatic heterocycles. The number of amides is 1. The van der Waals surface area contributed by atoms with Gasteiger partial charge in [0.25, 0.3) is 0 Å². The fourth-order valence-corrected chi connectivity index (χ4v) is 2.98. The number of nitrogens with two attached hydrogens (primary N) is 1. The summed E-state index contributed by atoms with van der Waals surface area (Å²) in [5, 5.41) is 2.56. The van der Waals surface area contributed by atoms with E-state index in [0.29, 0.717) is 11.1 Å². The summed E-state index contributed by atoms with van der Waals surface area (Å²) in [4.78, 5) is 11.8. The van der Waals surface area contributed by atoms with Gasteiger partial charge in [0, 0.05) is 14.2 Å². The molecular formula is C26H37ClF6N2O6. The molecule has 41 heavy (non-hydrogen) atoms. The lowest BCUT2D eigenvalue weighted by atomic mass is 10.1. The summed E-state index contributed by atoms with van der Waals surface area (Å²) in [6.45, 7) is 5.41. The third-order valence-electron chi connectivity index (χ3n) is 4.38. The zero-order valence-electron chi connectivity index (χ0n) is 22.4. The number of alkyl halides is 6. The number of methoxy groups -OCH3 is 2. The summed E-state index contributed by atoms with van der Waals surface area (Å²) in [5.41, 5.74) is 5.92. The van der Waals surface area contributed by atoms with E-state index in [2.05, 4.69) is 14.8 Å². The number of halogens is 7. The average Bonchev–Trinajstić information content (AvgIpc) is 2.76. The van der Waals surface area contributed by atoms with Gasteiger partial charge in [-0.15, -0.1) is 38.7 Å². The Morgan fingerprint density at radius 1 is 0.829 bits per heavy atom. The molecule has 3 N–H and O–H groups in total. The topological polar surface area (TPSA) is 101 Å². The SMILES string of the molecule is C.COC[C@H](N)c1cccc(OC(F)(F)F)c1.COC[C@H](NC(=O)OC(C)(C)C)c1cccc(OC(F)(F)F)c1.Cl. The molecule has 8 nitrogen and oxygen atoms in total. The Morgan fingerprint density at radius 2 is 1.27 bits per heavy atom. The first-order chi connectivity index (χ1) is 17.9. The van der Waals surface area contributed by atoms with E-state index in [-0.39, 0.29) is 44.5 Å². The predicted molar refractivity (Wildman–Crippen MR) is 143 cm³/mol. The summed E-state index contributed by atoms with van der Waals surface area (Å²) < 4.78 is 95.3. The largest absolute Gasteiger partial charge is 0.573 e. The molecular weight excluding hydrogens is 586 g/mol. The first-order valence-corrected chi connectivity index (χ1v) is 11.4. The molecule has 0 saturated carbocycles. The number of hydrogen-bond acceptors (Lipinski definition) is 7. The molecule has 1 amide bonds. The second-order valence-electron chi connectivity index (χ2n) is 8.96. The van der Waals surface area contributed by atoms with Crippen molar-refractivity contribution in [3.05, 3.63) is 59.7 Å². The molecule has 0 spiro atoms. The van der Waals surface area contributed by atoms with Crippen molar-refractivity contribution in [3.63, 3.8) is 0 Å². The summed E-state index contributed by atoms with van der Waals surface area (Å²) >= 11 is 0. The Morgan fingerprint density at radius 3 is 1.68 bits per heavy atom. The van der Waals surface area contributed by atoms with Crippen molar-refractivity contribution in [1.29, 1.82) is 0 Å². The minimum atomic E-state index is -4.78. The molecule has 0 aliphatic heterocycles. The molecule has 2 rings (SSSR count). The van der Waals surface area contributed by atoms with Crippen molar-refractivity contribution in [2.75, 3.05) is 27.4 Å². The van der Waals surface area contributed by atoms with Crippen molar-refractivity contribution in [1.82, 2.24) is 5.32 Å². The normalized spacial score (nSPS) is 12.8. The minimum Gasteiger partial charge on any atom is -0.444 e. The smallest absolute Gasteiger partial charge is 0.444 e. The predicted octanol–water partition coefficient (Wildman–Crippen LogP) is 7.09. The van der Waals surface area contributed by atoms with Crippen LogP contribution in [0.3, 0.4) is 0 Å². The average molecular weight is 623 g/mol. The Balaban J connectivity index is 0. The summed E-state index contributed by atoms with van der Waals surface area (Å²) in [6.07, 6.45) is -10.2. The van der Waals surface area contributed by atoms with Crippen LogP contribution in [0.25, 0.3) is 0 Å². The highest BCUT2D eigenvalue weighted by Crippen LogP contribution is 2.27. The van der Waals surface area contributed by atoms with Gasteiger partial charge < -0.3 is 34.7 Å². The Labute approximate surface area is 241 Å². The molecule has 2 atom stereocenters. The van der Waals surface area contributed by atoms with Crippen LogP contribution in [0.2, 0.25) is 0 Å². The van der Waals surface area contributed by atoms with E-state index < -0.39 is 36.5 Å². The number of ether oxygens (including phenoxy) is 5. The van der Waals surface area contributed by atoms with Crippen molar-refractivity contribution >= 4 is 18.5 Å². The molecule has 236 valence electrons. The van der Waals surface area contributed by atoms with Gasteiger partial charge in [0.15, 0.2) is 0 Å². The van der Waals surface area contributed by atoms with Gasteiger partial charge in [-0.25, -0.2) is 4.79 Å². The zero-order chi connectivity index (χ0) is 29.9. The van der Waals surface area contributed by atoms with Crippen LogP contribution in [0.15, 0.2) is 48.5 Å². The Bertz CT molecular complexity index is 1030. The quantitative estimate of drug-likeness (QED) is 0.288. The number of rotatable bonds is 9. The standard InChI is InChI=1S/C15H20F3NO4.C10H12F3NO2.CH4.ClH/c1-14(2,3)23-13(20)19-12(9-21-4)10-6-5-7-11(8-10)22-15(16,17)18;1-15-6-9(14)7-3-2-4-8(5-7)16-10(11,12)13;;/h5-8,12H,9H2,1-4H3,(H,19,20);2-5,9H,6,14H2,1H3;1H4;1H/t12-;9-;;/m00../s1. The Hall–Kier alpha value is -2.94. The van der Waals surface area contributed by atoms with E-state index in [1.165, 1.54) is 50.6 Å². The molecule has 0 bridgehead atoms. The highest BCUT2D eigenvalue weighted by molar-refractivity contribution is 5.85. The number of nitrogens with one attached hydrogen (secondary N) is 1. The lowest BCUT2D eigenvalue weighted by molar-refractivity contribution is -0.275. The number of hydrogen-bond donors (Lipinski definition) is 2. The number of carbonyl (C=O) groups excluding carboxylic acids is 1. The molecule has 0 aliphatic carbocycles. The van der Waals surface area contributed by atoms with E-state index in [1.54, 1.807) is 32.9 Å². The first kappa shape index (κ1) is 40.2. The summed E-state index contributed by atoms with van der Waals surface area (Å²) in [5.74, 6) is -0.654. The fraction of sp³-hybridized carbons (Fsp3) is 0.500. The van der Waals surface area contributed by atoms with Gasteiger partial charge in [-0.2, -0.15) is 0 Å². The van der Waals surface area contributed by atoms with Crippen molar-refractivity contribution in [2.45, 2.75) is 58.6 Å². The maximum atomic E-state index is 12.3. The maximum Gasteiger partial charge on any atom is 0.573 e. The van der Waals surface area contributed by atoms with Gasteiger partial charge in [0.05, 0.1) is 25.3 Å². The fourth-order valence-electron chi connectivity index (χ4n) is 2.98. The molecule has 0 aliphatic rings. The van der Waals surface area contributed by atoms with Gasteiger partial charge in [-0.1, -0.05) is 31.7 Å². The van der Waals surface area contributed by atoms with Crippen LogP contribution in [-0.2, 0) is 14.2 Å². The van der Waals surface area contributed by atoms with Crippen LogP contribution >= 0.6 is 12.4 Å². The number of benzene rings is 2. The molecule has 2 aromatic carbocycles. The molecule has 0 radical (unpaired) electrons. The van der Waals surface area contributed by atoms with E-state index in [9.17, 15) is 31.1 Å². The van der Waals surface area contributed by atoms with Gasteiger partial charge in [0.2, 0.25) is 0 Å². The van der Waals surface area contributed by atoms with Crippen molar-refractivity contribution in [3.8, 4) is 11.5 Å². The number of alkyl carbamates (subject to hydrolysis) is 1. The lowest BCUT2D eigenvalue weighted by Crippen LogP contribution is -2.36. The monoisotopic (exact) mass is 622 g/mol.